The molecule has 1 aromatic carbocycles. The van der Waals surface area contributed by atoms with E-state index in [1.807, 2.05) is 0 Å². The number of anilines is 1. The van der Waals surface area contributed by atoms with Crippen molar-refractivity contribution in [3.05, 3.63) is 24.3 Å². The molecule has 1 aliphatic heterocycles. The van der Waals surface area contributed by atoms with E-state index < -0.39 is 10.0 Å². The van der Waals surface area contributed by atoms with E-state index in [0.717, 1.165) is 23.0 Å². The van der Waals surface area contributed by atoms with Gasteiger partial charge in [0.05, 0.1) is 10.9 Å². The first-order valence-corrected chi connectivity index (χ1v) is 8.98. The Hall–Kier alpha value is -1.05. The van der Waals surface area contributed by atoms with E-state index >= 15 is 0 Å². The van der Waals surface area contributed by atoms with Gasteiger partial charge in [-0.1, -0.05) is 25.6 Å². The topological polar surface area (TPSA) is 84.5 Å². The van der Waals surface area contributed by atoms with Gasteiger partial charge in [0.2, 0.25) is 10.0 Å². The van der Waals surface area contributed by atoms with Crippen LogP contribution >= 0.6 is 11.8 Å². The van der Waals surface area contributed by atoms with E-state index in [0.29, 0.717) is 12.0 Å². The zero-order valence-electron chi connectivity index (χ0n) is 11.5. The van der Waals surface area contributed by atoms with Gasteiger partial charge >= 0.3 is 0 Å². The maximum absolute atomic E-state index is 11.2. The monoisotopic (exact) mass is 313 g/mol. The van der Waals surface area contributed by atoms with Crippen molar-refractivity contribution in [2.24, 2.45) is 16.0 Å². The molecule has 3 N–H and O–H groups in total. The molecule has 0 amide bonds. The zero-order valence-corrected chi connectivity index (χ0v) is 13.2. The first-order chi connectivity index (χ1) is 9.34. The van der Waals surface area contributed by atoms with E-state index in [2.05, 4.69) is 24.2 Å². The van der Waals surface area contributed by atoms with Gasteiger partial charge in [0, 0.05) is 11.4 Å². The second-order valence-corrected chi connectivity index (χ2v) is 7.79. The molecule has 0 aliphatic carbocycles. The number of primary sulfonamides is 1. The van der Waals surface area contributed by atoms with E-state index in [-0.39, 0.29) is 4.90 Å². The van der Waals surface area contributed by atoms with Crippen molar-refractivity contribution in [2.45, 2.75) is 31.2 Å². The minimum atomic E-state index is -3.63. The summed E-state index contributed by atoms with van der Waals surface area (Å²) < 4.78 is 22.3. The van der Waals surface area contributed by atoms with Gasteiger partial charge in [-0.2, -0.15) is 0 Å². The minimum Gasteiger partial charge on any atom is -0.335 e. The molecule has 0 bridgehead atoms. The van der Waals surface area contributed by atoms with E-state index in [9.17, 15) is 8.42 Å². The lowest BCUT2D eigenvalue weighted by molar-refractivity contribution is 0.529. The van der Waals surface area contributed by atoms with Crippen LogP contribution in [-0.4, -0.2) is 25.4 Å². The summed E-state index contributed by atoms with van der Waals surface area (Å²) in [6, 6.07) is 6.73. The Bertz CT molecular complexity index is 595. The average molecular weight is 313 g/mol. The predicted molar refractivity (Wildman–Crippen MR) is 84.6 cm³/mol. The van der Waals surface area contributed by atoms with Crippen LogP contribution in [0.15, 0.2) is 34.2 Å². The molecule has 0 radical (unpaired) electrons. The number of benzene rings is 1. The van der Waals surface area contributed by atoms with Crippen LogP contribution < -0.4 is 10.5 Å². The van der Waals surface area contributed by atoms with Crippen molar-refractivity contribution in [1.82, 2.24) is 0 Å². The number of aliphatic imine (C=N–C) groups is 1. The van der Waals surface area contributed by atoms with Gasteiger partial charge in [-0.3, -0.25) is 4.99 Å². The van der Waals surface area contributed by atoms with Crippen molar-refractivity contribution in [3.63, 3.8) is 0 Å². The molecule has 5 nitrogen and oxygen atoms in total. The highest BCUT2D eigenvalue weighted by Crippen LogP contribution is 2.24. The van der Waals surface area contributed by atoms with Gasteiger partial charge in [0.1, 0.15) is 0 Å². The number of amidine groups is 1. The van der Waals surface area contributed by atoms with Crippen molar-refractivity contribution in [1.29, 1.82) is 0 Å². The number of nitrogens with zero attached hydrogens (tertiary/aromatic N) is 1. The molecule has 0 saturated heterocycles. The lowest BCUT2D eigenvalue weighted by atomic mass is 10.1. The molecule has 1 aromatic rings. The number of thioether (sulfide) groups is 1. The number of sulfonamides is 1. The van der Waals surface area contributed by atoms with Crippen LogP contribution in [0.4, 0.5) is 5.69 Å². The summed E-state index contributed by atoms with van der Waals surface area (Å²) in [5, 5.41) is 9.15. The Morgan fingerprint density at radius 1 is 1.40 bits per heavy atom. The van der Waals surface area contributed by atoms with Gasteiger partial charge in [0.25, 0.3) is 0 Å². The Labute approximate surface area is 124 Å². The van der Waals surface area contributed by atoms with Gasteiger partial charge in [-0.05, 0) is 36.6 Å². The van der Waals surface area contributed by atoms with Gasteiger partial charge in [-0.15, -0.1) is 0 Å². The van der Waals surface area contributed by atoms with Crippen LogP contribution in [0.25, 0.3) is 0 Å². The second-order valence-electron chi connectivity index (χ2n) is 5.22. The molecule has 110 valence electrons. The third-order valence-electron chi connectivity index (χ3n) is 2.89. The van der Waals surface area contributed by atoms with Crippen LogP contribution in [0.5, 0.6) is 0 Å². The highest BCUT2D eigenvalue weighted by molar-refractivity contribution is 8.14. The Balaban J connectivity index is 2.01. The van der Waals surface area contributed by atoms with Crippen LogP contribution in [-0.2, 0) is 10.0 Å². The summed E-state index contributed by atoms with van der Waals surface area (Å²) in [6.45, 7) is 4.38. The molecule has 7 heteroatoms. The highest BCUT2D eigenvalue weighted by atomic mass is 32.2. The molecule has 2 rings (SSSR count). The molecule has 1 atom stereocenters. The zero-order chi connectivity index (χ0) is 14.8. The molecule has 1 unspecified atom stereocenters. The maximum atomic E-state index is 11.2. The molecule has 1 aliphatic rings. The Kier molecular flexibility index (Phi) is 4.72. The van der Waals surface area contributed by atoms with Crippen molar-refractivity contribution >= 4 is 32.6 Å². The normalized spacial score (nSPS) is 19.2. The molecular weight excluding hydrogens is 294 g/mol. The van der Waals surface area contributed by atoms with Gasteiger partial charge < -0.3 is 5.32 Å². The molecule has 20 heavy (non-hydrogen) atoms. The summed E-state index contributed by atoms with van der Waals surface area (Å²) >= 11 is 1.69. The molecule has 0 saturated carbocycles. The maximum Gasteiger partial charge on any atom is 0.238 e. The summed E-state index contributed by atoms with van der Waals surface area (Å²) in [5.41, 5.74) is 0.814. The fraction of sp³-hybridized carbons (Fsp3) is 0.462. The molecule has 0 aromatic heterocycles. The van der Waals surface area contributed by atoms with Crippen LogP contribution in [0, 0.1) is 5.92 Å². The number of nitrogens with two attached hydrogens (primary N) is 1. The number of hydrogen-bond donors (Lipinski definition) is 2. The Morgan fingerprint density at radius 3 is 2.60 bits per heavy atom. The molecule has 0 fully saturated rings. The lowest BCUT2D eigenvalue weighted by Crippen LogP contribution is -2.12. The summed E-state index contributed by atoms with van der Waals surface area (Å²) in [5.74, 6) is 1.63. The quantitative estimate of drug-likeness (QED) is 0.893. The second kappa shape index (κ2) is 6.15. The van der Waals surface area contributed by atoms with Crippen molar-refractivity contribution in [3.8, 4) is 0 Å². The van der Waals surface area contributed by atoms with Crippen molar-refractivity contribution < 1.29 is 8.42 Å². The van der Waals surface area contributed by atoms with Crippen molar-refractivity contribution in [2.75, 3.05) is 11.1 Å². The fourth-order valence-corrected chi connectivity index (χ4v) is 3.49. The smallest absolute Gasteiger partial charge is 0.238 e. The standard InChI is InChI=1S/C13H19N3O2S2/c1-9(2)7-11-8-19-13(16-11)15-10-3-5-12(6-4-10)20(14,17)18/h3-6,9,11H,7-8H2,1-2H3,(H,15,16)(H2,14,17,18). The first-order valence-electron chi connectivity index (χ1n) is 6.45. The Morgan fingerprint density at radius 2 is 2.05 bits per heavy atom. The largest absolute Gasteiger partial charge is 0.335 e. The number of hydrogen-bond acceptors (Lipinski definition) is 5. The predicted octanol–water partition coefficient (Wildman–Crippen LogP) is 2.26. The van der Waals surface area contributed by atoms with Crippen LogP contribution in [0.1, 0.15) is 20.3 Å². The van der Waals surface area contributed by atoms with Gasteiger partial charge in [0.15, 0.2) is 5.17 Å². The van der Waals surface area contributed by atoms with E-state index in [4.69, 9.17) is 5.14 Å². The third kappa shape index (κ3) is 4.22. The summed E-state index contributed by atoms with van der Waals surface area (Å²) in [7, 11) is -3.63. The highest BCUT2D eigenvalue weighted by Gasteiger charge is 2.19. The summed E-state index contributed by atoms with van der Waals surface area (Å²) in [6.07, 6.45) is 1.09. The SMILES string of the molecule is CC(C)CC1CSC(Nc2ccc(S(N)(=O)=O)cc2)=N1. The van der Waals surface area contributed by atoms with Crippen LogP contribution in [0.3, 0.4) is 0 Å². The van der Waals surface area contributed by atoms with E-state index in [1.165, 1.54) is 12.1 Å². The molecular formula is C13H19N3O2S2. The number of rotatable bonds is 4. The molecule has 0 spiro atoms. The minimum absolute atomic E-state index is 0.113. The third-order valence-corrected chi connectivity index (χ3v) is 4.85. The van der Waals surface area contributed by atoms with Gasteiger partial charge in [-0.25, -0.2) is 13.6 Å². The van der Waals surface area contributed by atoms with Crippen LogP contribution in [0.2, 0.25) is 0 Å². The molecule has 1 heterocycles. The average Bonchev–Trinajstić information content (AvgIpc) is 2.75. The summed E-state index contributed by atoms with van der Waals surface area (Å²) in [4.78, 5) is 4.73. The number of nitrogens with one attached hydrogen (secondary N) is 1. The first kappa shape index (κ1) is 15.3. The van der Waals surface area contributed by atoms with E-state index in [1.54, 1.807) is 23.9 Å². The lowest BCUT2D eigenvalue weighted by Gasteiger charge is -2.07. The fourth-order valence-electron chi connectivity index (χ4n) is 2.00.